The second-order valence-corrected chi connectivity index (χ2v) is 10.6. The normalized spacial score (nSPS) is 17.2. The second kappa shape index (κ2) is 12.5. The molecule has 1 aliphatic rings. The van der Waals surface area contributed by atoms with Crippen molar-refractivity contribution in [1.29, 1.82) is 0 Å². The third-order valence-electron chi connectivity index (χ3n) is 7.24. The lowest BCUT2D eigenvalue weighted by molar-refractivity contribution is -0.187. The summed E-state index contributed by atoms with van der Waals surface area (Å²) in [6.07, 6.45) is -2.39. The summed E-state index contributed by atoms with van der Waals surface area (Å²) in [7, 11) is 3.15. The average Bonchev–Trinajstić information content (AvgIpc) is 3.35. The number of amides is 1. The predicted molar refractivity (Wildman–Crippen MR) is 153 cm³/mol. The highest BCUT2D eigenvalue weighted by atomic mass is 79.9. The Balaban J connectivity index is 1.38. The van der Waals surface area contributed by atoms with E-state index in [9.17, 15) is 18.0 Å². The number of imidazole rings is 1. The number of hydrogen-bond donors (Lipinski definition) is 1. The Morgan fingerprint density at radius 3 is 2.62 bits per heavy atom. The number of nitrogens with one attached hydrogen (secondary N) is 1. The molecule has 0 spiro atoms. The van der Waals surface area contributed by atoms with E-state index in [0.717, 1.165) is 10.5 Å². The quantitative estimate of drug-likeness (QED) is 0.231. The van der Waals surface area contributed by atoms with Crippen molar-refractivity contribution >= 4 is 33.4 Å². The van der Waals surface area contributed by atoms with Gasteiger partial charge in [-0.05, 0) is 46.5 Å². The molecule has 5 rings (SSSR count). The molecule has 3 heterocycles. The number of aromatic nitrogens is 3. The molecule has 0 unspecified atom stereocenters. The summed E-state index contributed by atoms with van der Waals surface area (Å²) < 4.78 is 60.2. The van der Waals surface area contributed by atoms with Crippen molar-refractivity contribution < 1.29 is 32.2 Å². The fourth-order valence-corrected chi connectivity index (χ4v) is 5.70. The van der Waals surface area contributed by atoms with Crippen LogP contribution < -0.4 is 14.8 Å². The van der Waals surface area contributed by atoms with Crippen LogP contribution in [-0.2, 0) is 17.9 Å². The highest BCUT2D eigenvalue weighted by Crippen LogP contribution is 2.39. The molecule has 1 saturated heterocycles. The zero-order valence-electron chi connectivity index (χ0n) is 22.9. The monoisotopic (exact) mass is 647 g/mol. The Kier molecular flexibility index (Phi) is 8.76. The van der Waals surface area contributed by atoms with Gasteiger partial charge in [-0.3, -0.25) is 9.30 Å². The summed E-state index contributed by atoms with van der Waals surface area (Å²) >= 11 is 3.51. The molecule has 1 fully saturated rings. The number of benzene rings is 2. The van der Waals surface area contributed by atoms with E-state index in [4.69, 9.17) is 14.2 Å². The van der Waals surface area contributed by atoms with Crippen LogP contribution in [0.4, 0.5) is 23.8 Å². The molecule has 0 aliphatic carbocycles. The number of piperidine rings is 1. The highest BCUT2D eigenvalue weighted by Gasteiger charge is 2.49. The fraction of sp³-hybridized carbons (Fsp3) is 0.345. The number of nitrogens with zero attached hydrogens (tertiary/aromatic N) is 4. The molecule has 222 valence electrons. The number of carbonyl (C=O) groups is 1. The summed E-state index contributed by atoms with van der Waals surface area (Å²) in [6.45, 7) is 0.0605. The number of fused-ring (bicyclic) bond motifs is 1. The molecule has 42 heavy (non-hydrogen) atoms. The Hall–Kier alpha value is -4.00. The SMILES string of the molecule is COc1ccc(CNc2nccn3c([C@@H]4CC[C@@H](C(F)(F)F)N(C(=O)OCc5ccccc5)C4)nc(Br)c23)c(OC)c1. The Labute approximate surface area is 248 Å². The van der Waals surface area contributed by atoms with Crippen LogP contribution in [0.25, 0.3) is 5.52 Å². The smallest absolute Gasteiger partial charge is 0.410 e. The summed E-state index contributed by atoms with van der Waals surface area (Å²) in [5.41, 5.74) is 2.18. The Bertz CT molecular complexity index is 1550. The first-order chi connectivity index (χ1) is 20.2. The van der Waals surface area contributed by atoms with Crippen molar-refractivity contribution in [3.63, 3.8) is 0 Å². The Morgan fingerprint density at radius 2 is 1.90 bits per heavy atom. The van der Waals surface area contributed by atoms with Gasteiger partial charge < -0.3 is 19.5 Å². The second-order valence-electron chi connectivity index (χ2n) is 9.81. The standard InChI is InChI=1S/C29H29BrF3N5O4/c1-40-21-10-8-19(22(14-21)41-2)15-35-26-24-25(30)36-27(37(24)13-12-34-26)20-9-11-23(29(31,32)33)38(16-20)28(39)42-17-18-6-4-3-5-7-18/h3-8,10,12-14,20,23H,9,11,15-17H2,1-2H3,(H,34,35)/t20-,23+/m1/s1. The van der Waals surface area contributed by atoms with Crippen LogP contribution in [-0.4, -0.2) is 58.3 Å². The van der Waals surface area contributed by atoms with Crippen molar-refractivity contribution in [2.24, 2.45) is 0 Å². The molecule has 0 saturated carbocycles. The molecule has 9 nitrogen and oxygen atoms in total. The summed E-state index contributed by atoms with van der Waals surface area (Å²) in [4.78, 5) is 22.9. The van der Waals surface area contributed by atoms with Gasteiger partial charge in [-0.25, -0.2) is 14.8 Å². The fourth-order valence-electron chi connectivity index (χ4n) is 5.14. The number of carbonyl (C=O) groups excluding carboxylic acids is 1. The van der Waals surface area contributed by atoms with Gasteiger partial charge in [0, 0.05) is 43.0 Å². The first-order valence-electron chi connectivity index (χ1n) is 13.2. The number of anilines is 1. The summed E-state index contributed by atoms with van der Waals surface area (Å²) in [5, 5.41) is 3.30. The van der Waals surface area contributed by atoms with E-state index in [0.29, 0.717) is 45.4 Å². The maximum atomic E-state index is 14.0. The molecule has 1 amide bonds. The van der Waals surface area contributed by atoms with E-state index in [2.05, 4.69) is 31.2 Å². The van der Waals surface area contributed by atoms with Crippen molar-refractivity contribution in [3.8, 4) is 11.5 Å². The Morgan fingerprint density at radius 1 is 1.12 bits per heavy atom. The molecular weight excluding hydrogens is 619 g/mol. The first-order valence-corrected chi connectivity index (χ1v) is 14.0. The average molecular weight is 648 g/mol. The number of likely N-dealkylation sites (tertiary alicyclic amines) is 1. The third-order valence-corrected chi connectivity index (χ3v) is 7.80. The van der Waals surface area contributed by atoms with Crippen LogP contribution in [0.3, 0.4) is 0 Å². The lowest BCUT2D eigenvalue weighted by Crippen LogP contribution is -2.53. The minimum atomic E-state index is -4.59. The third kappa shape index (κ3) is 6.25. The van der Waals surface area contributed by atoms with E-state index in [1.54, 1.807) is 67.4 Å². The molecule has 2 aromatic carbocycles. The van der Waals surface area contributed by atoms with Crippen LogP contribution in [0.2, 0.25) is 0 Å². The molecule has 4 aromatic rings. The minimum absolute atomic E-state index is 0.122. The number of halogens is 4. The largest absolute Gasteiger partial charge is 0.497 e. The van der Waals surface area contributed by atoms with Gasteiger partial charge in [0.05, 0.1) is 14.2 Å². The molecule has 2 atom stereocenters. The zero-order valence-corrected chi connectivity index (χ0v) is 24.5. The van der Waals surface area contributed by atoms with Gasteiger partial charge in [0.2, 0.25) is 0 Å². The van der Waals surface area contributed by atoms with Crippen molar-refractivity contribution in [1.82, 2.24) is 19.3 Å². The molecule has 0 bridgehead atoms. The lowest BCUT2D eigenvalue weighted by Gasteiger charge is -2.39. The maximum Gasteiger partial charge on any atom is 0.410 e. The van der Waals surface area contributed by atoms with Crippen LogP contribution >= 0.6 is 15.9 Å². The highest BCUT2D eigenvalue weighted by molar-refractivity contribution is 9.10. The van der Waals surface area contributed by atoms with Gasteiger partial charge in [0.25, 0.3) is 0 Å². The summed E-state index contributed by atoms with van der Waals surface area (Å²) in [5.74, 6) is 1.87. The number of ether oxygens (including phenoxy) is 3. The topological polar surface area (TPSA) is 90.2 Å². The van der Waals surface area contributed by atoms with E-state index < -0.39 is 24.2 Å². The van der Waals surface area contributed by atoms with Crippen LogP contribution in [0, 0.1) is 0 Å². The molecule has 1 N–H and O–H groups in total. The van der Waals surface area contributed by atoms with E-state index in [1.807, 2.05) is 12.1 Å². The number of hydrogen-bond acceptors (Lipinski definition) is 7. The van der Waals surface area contributed by atoms with Gasteiger partial charge in [-0.1, -0.05) is 30.3 Å². The van der Waals surface area contributed by atoms with Crippen LogP contribution in [0.5, 0.6) is 11.5 Å². The molecule has 13 heteroatoms. The number of alkyl halides is 3. The van der Waals surface area contributed by atoms with Gasteiger partial charge >= 0.3 is 12.3 Å². The molecule has 0 radical (unpaired) electrons. The molecule has 1 aliphatic heterocycles. The van der Waals surface area contributed by atoms with Crippen molar-refractivity contribution in [3.05, 3.63) is 82.5 Å². The number of rotatable bonds is 8. The minimum Gasteiger partial charge on any atom is -0.497 e. The molecule has 2 aromatic heterocycles. The number of methoxy groups -OCH3 is 2. The van der Waals surface area contributed by atoms with E-state index in [-0.39, 0.29) is 26.0 Å². The molecular formula is C29H29BrF3N5O4. The van der Waals surface area contributed by atoms with Crippen molar-refractivity contribution in [2.75, 3.05) is 26.1 Å². The predicted octanol–water partition coefficient (Wildman–Crippen LogP) is 6.57. The zero-order chi connectivity index (χ0) is 29.9. The van der Waals surface area contributed by atoms with Gasteiger partial charge in [0.1, 0.15) is 40.1 Å². The van der Waals surface area contributed by atoms with E-state index in [1.165, 1.54) is 0 Å². The summed E-state index contributed by atoms with van der Waals surface area (Å²) in [6, 6.07) is 12.4. The maximum absolute atomic E-state index is 14.0. The van der Waals surface area contributed by atoms with Crippen molar-refractivity contribution in [2.45, 2.75) is 44.1 Å². The van der Waals surface area contributed by atoms with Crippen LogP contribution in [0.1, 0.15) is 35.7 Å². The van der Waals surface area contributed by atoms with Crippen LogP contribution in [0.15, 0.2) is 65.5 Å². The lowest BCUT2D eigenvalue weighted by atomic mass is 9.92. The van der Waals surface area contributed by atoms with Gasteiger partial charge in [-0.2, -0.15) is 13.2 Å². The van der Waals surface area contributed by atoms with Gasteiger partial charge in [0.15, 0.2) is 5.82 Å². The first kappa shape index (κ1) is 29.5. The van der Waals surface area contributed by atoms with Gasteiger partial charge in [-0.15, -0.1) is 0 Å². The van der Waals surface area contributed by atoms with E-state index >= 15 is 0 Å².